The van der Waals surface area contributed by atoms with Gasteiger partial charge < -0.3 is 10.6 Å². The molecule has 1 saturated heterocycles. The second kappa shape index (κ2) is 8.21. The lowest BCUT2D eigenvalue weighted by atomic mass is 9.97. The third-order valence-corrected chi connectivity index (χ3v) is 5.22. The molecule has 1 fully saturated rings. The zero-order chi connectivity index (χ0) is 19.3. The van der Waals surface area contributed by atoms with Crippen molar-refractivity contribution in [3.05, 3.63) is 60.7 Å². The van der Waals surface area contributed by atoms with Crippen LogP contribution < -0.4 is 5.73 Å². The maximum atomic E-state index is 13.3. The standard InChI is InChI=1S/C21H24N6O/c22-20-15-23-19(14-24-20)16-5-3-6-17(13-16)21(28)27-11-2-1-7-18(27)8-12-26-10-4-9-25-26/h3-6,9-10,13-15,18H,1-2,7-8,11-12H2,(H2,22,24). The summed E-state index contributed by atoms with van der Waals surface area (Å²) in [6, 6.07) is 9.75. The molecule has 144 valence electrons. The van der Waals surface area contributed by atoms with Crippen LogP contribution >= 0.6 is 0 Å². The summed E-state index contributed by atoms with van der Waals surface area (Å²) in [7, 11) is 0. The molecule has 0 radical (unpaired) electrons. The average Bonchev–Trinajstić information content (AvgIpc) is 3.26. The number of benzene rings is 1. The van der Waals surface area contributed by atoms with Gasteiger partial charge in [-0.1, -0.05) is 12.1 Å². The van der Waals surface area contributed by atoms with Gasteiger partial charge in [-0.05, 0) is 43.9 Å². The molecule has 28 heavy (non-hydrogen) atoms. The molecule has 7 nitrogen and oxygen atoms in total. The monoisotopic (exact) mass is 376 g/mol. The van der Waals surface area contributed by atoms with Gasteiger partial charge >= 0.3 is 0 Å². The van der Waals surface area contributed by atoms with E-state index in [-0.39, 0.29) is 11.9 Å². The van der Waals surface area contributed by atoms with Crippen molar-refractivity contribution < 1.29 is 4.79 Å². The molecule has 0 bridgehead atoms. The highest BCUT2D eigenvalue weighted by atomic mass is 16.2. The summed E-state index contributed by atoms with van der Waals surface area (Å²) in [5.74, 6) is 0.458. The van der Waals surface area contributed by atoms with Crippen molar-refractivity contribution in [3.8, 4) is 11.3 Å². The molecule has 0 aliphatic carbocycles. The maximum absolute atomic E-state index is 13.3. The van der Waals surface area contributed by atoms with Gasteiger partial charge in [0.15, 0.2) is 0 Å². The molecule has 4 rings (SSSR count). The van der Waals surface area contributed by atoms with Crippen molar-refractivity contribution >= 4 is 11.7 Å². The van der Waals surface area contributed by atoms with E-state index in [2.05, 4.69) is 15.1 Å². The normalized spacial score (nSPS) is 16.9. The van der Waals surface area contributed by atoms with Crippen LogP contribution in [0.1, 0.15) is 36.0 Å². The molecule has 1 aliphatic heterocycles. The van der Waals surface area contributed by atoms with E-state index < -0.39 is 0 Å². The Balaban J connectivity index is 1.51. The quantitative estimate of drug-likeness (QED) is 0.739. The first-order valence-electron chi connectivity index (χ1n) is 9.67. The van der Waals surface area contributed by atoms with Crippen molar-refractivity contribution in [2.45, 2.75) is 38.3 Å². The number of nitrogens with two attached hydrogens (primary N) is 1. The molecule has 1 unspecified atom stereocenters. The number of hydrogen-bond acceptors (Lipinski definition) is 5. The highest BCUT2D eigenvalue weighted by molar-refractivity contribution is 5.95. The lowest BCUT2D eigenvalue weighted by molar-refractivity contribution is 0.0594. The third kappa shape index (κ3) is 4.03. The number of amides is 1. The Labute approximate surface area is 164 Å². The number of aryl methyl sites for hydroxylation is 1. The van der Waals surface area contributed by atoms with Crippen molar-refractivity contribution in [1.29, 1.82) is 0 Å². The van der Waals surface area contributed by atoms with E-state index in [1.165, 1.54) is 6.20 Å². The van der Waals surface area contributed by atoms with Crippen LogP contribution in [0.25, 0.3) is 11.3 Å². The minimum atomic E-state index is 0.0791. The van der Waals surface area contributed by atoms with Gasteiger partial charge in [0.25, 0.3) is 5.91 Å². The number of rotatable bonds is 5. The van der Waals surface area contributed by atoms with Crippen LogP contribution in [0.15, 0.2) is 55.1 Å². The van der Waals surface area contributed by atoms with Crippen LogP contribution in [0, 0.1) is 0 Å². The highest BCUT2D eigenvalue weighted by Crippen LogP contribution is 2.24. The minimum absolute atomic E-state index is 0.0791. The summed E-state index contributed by atoms with van der Waals surface area (Å²) in [5.41, 5.74) is 7.87. The second-order valence-corrected chi connectivity index (χ2v) is 7.11. The van der Waals surface area contributed by atoms with Gasteiger partial charge in [-0.2, -0.15) is 5.10 Å². The Kier molecular flexibility index (Phi) is 5.32. The number of nitrogen functional groups attached to an aromatic ring is 1. The minimum Gasteiger partial charge on any atom is -0.382 e. The summed E-state index contributed by atoms with van der Waals surface area (Å²) in [6.45, 7) is 1.62. The topological polar surface area (TPSA) is 89.9 Å². The lowest BCUT2D eigenvalue weighted by Crippen LogP contribution is -2.44. The van der Waals surface area contributed by atoms with E-state index in [1.807, 2.05) is 46.1 Å². The SMILES string of the molecule is Nc1cnc(-c2cccc(C(=O)N3CCCCC3CCn3cccn3)c2)cn1. The molecule has 1 aliphatic rings. The summed E-state index contributed by atoms with van der Waals surface area (Å²) < 4.78 is 1.93. The van der Waals surface area contributed by atoms with Gasteiger partial charge in [-0.15, -0.1) is 0 Å². The summed E-state index contributed by atoms with van der Waals surface area (Å²) in [6.07, 6.45) is 11.1. The molecule has 0 spiro atoms. The van der Waals surface area contributed by atoms with Crippen molar-refractivity contribution in [2.24, 2.45) is 0 Å². The van der Waals surface area contributed by atoms with E-state index >= 15 is 0 Å². The summed E-state index contributed by atoms with van der Waals surface area (Å²) in [5, 5.41) is 4.27. The lowest BCUT2D eigenvalue weighted by Gasteiger charge is -2.36. The zero-order valence-electron chi connectivity index (χ0n) is 15.7. The number of carbonyl (C=O) groups excluding carboxylic acids is 1. The Bertz CT molecular complexity index is 922. The first-order chi connectivity index (χ1) is 13.7. The van der Waals surface area contributed by atoms with Crippen LogP contribution in [-0.4, -0.2) is 43.1 Å². The first-order valence-corrected chi connectivity index (χ1v) is 9.67. The number of hydrogen-bond donors (Lipinski definition) is 1. The molecule has 1 amide bonds. The van der Waals surface area contributed by atoms with Gasteiger partial charge in [0.2, 0.25) is 0 Å². The van der Waals surface area contributed by atoms with Gasteiger partial charge in [-0.25, -0.2) is 4.98 Å². The largest absolute Gasteiger partial charge is 0.382 e. The average molecular weight is 376 g/mol. The number of nitrogens with zero attached hydrogens (tertiary/aromatic N) is 5. The van der Waals surface area contributed by atoms with Crippen LogP contribution in [0.5, 0.6) is 0 Å². The Morgan fingerprint density at radius 1 is 1.18 bits per heavy atom. The molecule has 2 aromatic heterocycles. The van der Waals surface area contributed by atoms with Crippen molar-refractivity contribution in [3.63, 3.8) is 0 Å². The van der Waals surface area contributed by atoms with Gasteiger partial charge in [0.05, 0.1) is 18.1 Å². The van der Waals surface area contributed by atoms with E-state index in [4.69, 9.17) is 5.73 Å². The number of carbonyl (C=O) groups is 1. The fourth-order valence-electron chi connectivity index (χ4n) is 3.75. The van der Waals surface area contributed by atoms with Crippen LogP contribution in [0.2, 0.25) is 0 Å². The number of likely N-dealkylation sites (tertiary alicyclic amines) is 1. The zero-order valence-corrected chi connectivity index (χ0v) is 15.7. The van der Waals surface area contributed by atoms with Crippen molar-refractivity contribution in [1.82, 2.24) is 24.6 Å². The van der Waals surface area contributed by atoms with Crippen LogP contribution in [-0.2, 0) is 6.54 Å². The highest BCUT2D eigenvalue weighted by Gasteiger charge is 2.27. The van der Waals surface area contributed by atoms with Crippen LogP contribution in [0.4, 0.5) is 5.82 Å². The number of piperidine rings is 1. The van der Waals surface area contributed by atoms with E-state index in [0.717, 1.165) is 44.3 Å². The van der Waals surface area contributed by atoms with Gasteiger partial charge in [0, 0.05) is 42.7 Å². The molecular formula is C21H24N6O. The van der Waals surface area contributed by atoms with Gasteiger partial charge in [-0.3, -0.25) is 14.5 Å². The summed E-state index contributed by atoms with van der Waals surface area (Å²) >= 11 is 0. The molecular weight excluding hydrogens is 352 g/mol. The molecule has 0 saturated carbocycles. The van der Waals surface area contributed by atoms with Crippen LogP contribution in [0.3, 0.4) is 0 Å². The number of anilines is 1. The third-order valence-electron chi connectivity index (χ3n) is 5.22. The molecule has 2 N–H and O–H groups in total. The maximum Gasteiger partial charge on any atom is 0.254 e. The van der Waals surface area contributed by atoms with E-state index in [9.17, 15) is 4.79 Å². The molecule has 3 heterocycles. The molecule has 7 heteroatoms. The van der Waals surface area contributed by atoms with E-state index in [1.54, 1.807) is 12.4 Å². The predicted molar refractivity (Wildman–Crippen MR) is 107 cm³/mol. The fourth-order valence-corrected chi connectivity index (χ4v) is 3.75. The molecule has 3 aromatic rings. The van der Waals surface area contributed by atoms with Gasteiger partial charge in [0.1, 0.15) is 5.82 Å². The smallest absolute Gasteiger partial charge is 0.254 e. The Morgan fingerprint density at radius 2 is 2.11 bits per heavy atom. The fraction of sp³-hybridized carbons (Fsp3) is 0.333. The van der Waals surface area contributed by atoms with E-state index in [0.29, 0.717) is 17.1 Å². The van der Waals surface area contributed by atoms with Crippen molar-refractivity contribution in [2.75, 3.05) is 12.3 Å². The first kappa shape index (κ1) is 18.2. The molecule has 1 atom stereocenters. The Hall–Kier alpha value is -3.22. The molecule has 1 aromatic carbocycles. The second-order valence-electron chi connectivity index (χ2n) is 7.11. The Morgan fingerprint density at radius 3 is 2.89 bits per heavy atom. The summed E-state index contributed by atoms with van der Waals surface area (Å²) in [4.78, 5) is 23.7. The number of aromatic nitrogens is 4. The predicted octanol–water partition coefficient (Wildman–Crippen LogP) is 3.01.